The minimum absolute atomic E-state index is 0.0416. The van der Waals surface area contributed by atoms with Crippen molar-refractivity contribution in [1.82, 2.24) is 14.9 Å². The van der Waals surface area contributed by atoms with Gasteiger partial charge in [-0.15, -0.1) is 11.8 Å². The molecule has 2 N–H and O–H groups in total. The molecule has 0 aromatic heterocycles. The van der Waals surface area contributed by atoms with E-state index in [1.807, 2.05) is 37.3 Å². The number of hydrogen-bond donors (Lipinski definition) is 2. The van der Waals surface area contributed by atoms with Gasteiger partial charge in [-0.05, 0) is 49.1 Å². The summed E-state index contributed by atoms with van der Waals surface area (Å²) in [6, 6.07) is 13.0. The topological polar surface area (TPSA) is 78.5 Å². The van der Waals surface area contributed by atoms with Gasteiger partial charge in [0.2, 0.25) is 15.9 Å². The van der Waals surface area contributed by atoms with Crippen LogP contribution in [0.5, 0.6) is 0 Å². The quantitative estimate of drug-likeness (QED) is 0.737. The molecule has 8 heteroatoms. The van der Waals surface area contributed by atoms with Gasteiger partial charge in [0.1, 0.15) is 0 Å². The summed E-state index contributed by atoms with van der Waals surface area (Å²) in [6.07, 6.45) is 2.29. The van der Waals surface area contributed by atoms with Gasteiger partial charge in [0.05, 0.1) is 15.8 Å². The fourth-order valence-electron chi connectivity index (χ4n) is 4.08. The SMILES string of the molecule is CCC(C)NC(=O)C1CSC2(CCN(S(=O)(=O)c3ccc4ccccc4c3)CC2)N1. The average Bonchev–Trinajstić information content (AvgIpc) is 3.17. The van der Waals surface area contributed by atoms with E-state index in [1.165, 1.54) is 0 Å². The van der Waals surface area contributed by atoms with Crippen LogP contribution in [0.25, 0.3) is 10.8 Å². The second-order valence-corrected chi connectivity index (χ2v) is 11.6. The first kappa shape index (κ1) is 21.6. The molecule has 2 aromatic carbocycles. The third kappa shape index (κ3) is 4.23. The highest BCUT2D eigenvalue weighted by molar-refractivity contribution is 8.01. The number of nitrogens with one attached hydrogen (secondary N) is 2. The molecule has 2 aliphatic heterocycles. The van der Waals surface area contributed by atoms with Crippen molar-refractivity contribution >= 4 is 38.5 Å². The maximum Gasteiger partial charge on any atom is 0.243 e. The van der Waals surface area contributed by atoms with Gasteiger partial charge in [-0.2, -0.15) is 4.31 Å². The van der Waals surface area contributed by atoms with E-state index in [1.54, 1.807) is 28.2 Å². The molecular weight excluding hydrogens is 418 g/mol. The molecule has 30 heavy (non-hydrogen) atoms. The van der Waals surface area contributed by atoms with Crippen LogP contribution >= 0.6 is 11.8 Å². The fraction of sp³-hybridized carbons (Fsp3) is 0.500. The first-order chi connectivity index (χ1) is 14.3. The number of fused-ring (bicyclic) bond motifs is 1. The summed E-state index contributed by atoms with van der Waals surface area (Å²) in [5.41, 5.74) is 0. The van der Waals surface area contributed by atoms with E-state index in [0.29, 0.717) is 30.8 Å². The highest BCUT2D eigenvalue weighted by Crippen LogP contribution is 2.40. The lowest BCUT2D eigenvalue weighted by Crippen LogP contribution is -2.55. The highest BCUT2D eigenvalue weighted by Gasteiger charge is 2.45. The van der Waals surface area contributed by atoms with Crippen LogP contribution in [0.1, 0.15) is 33.1 Å². The molecule has 2 atom stereocenters. The van der Waals surface area contributed by atoms with Gasteiger partial charge < -0.3 is 5.32 Å². The average molecular weight is 448 g/mol. The molecule has 0 saturated carbocycles. The maximum absolute atomic E-state index is 13.2. The zero-order valence-corrected chi connectivity index (χ0v) is 19.1. The number of thioether (sulfide) groups is 1. The predicted octanol–water partition coefficient (Wildman–Crippen LogP) is 2.94. The molecule has 2 unspecified atom stereocenters. The summed E-state index contributed by atoms with van der Waals surface area (Å²) in [5, 5.41) is 8.50. The summed E-state index contributed by atoms with van der Waals surface area (Å²) in [4.78, 5) is 12.6. The maximum atomic E-state index is 13.2. The zero-order chi connectivity index (χ0) is 21.4. The standard InChI is InChI=1S/C22H29N3O3S2/c1-3-16(2)23-21(26)20-15-29-22(24-20)10-12-25(13-11-22)30(27,28)19-9-8-17-6-4-5-7-18(17)14-19/h4-9,14,16,20,24H,3,10-13,15H2,1-2H3,(H,23,26). The van der Waals surface area contributed by atoms with Gasteiger partial charge in [-0.3, -0.25) is 10.1 Å². The van der Waals surface area contributed by atoms with Crippen LogP contribution < -0.4 is 10.6 Å². The van der Waals surface area contributed by atoms with Crippen LogP contribution in [0.2, 0.25) is 0 Å². The molecule has 1 spiro atoms. The molecule has 0 bridgehead atoms. The summed E-state index contributed by atoms with van der Waals surface area (Å²) in [5.74, 6) is 0.764. The molecular formula is C22H29N3O3S2. The Balaban J connectivity index is 1.42. The normalized spacial score (nSPS) is 22.9. The van der Waals surface area contributed by atoms with Crippen LogP contribution in [-0.4, -0.2) is 54.4 Å². The van der Waals surface area contributed by atoms with Crippen LogP contribution in [-0.2, 0) is 14.8 Å². The number of benzene rings is 2. The Morgan fingerprint density at radius 2 is 1.93 bits per heavy atom. The molecule has 2 heterocycles. The molecule has 2 aliphatic rings. The van der Waals surface area contributed by atoms with Crippen LogP contribution in [0, 0.1) is 0 Å². The Bertz CT molecular complexity index is 1030. The van der Waals surface area contributed by atoms with Crippen molar-refractivity contribution in [2.45, 2.75) is 55.0 Å². The molecule has 162 valence electrons. The summed E-state index contributed by atoms with van der Waals surface area (Å²) in [6.45, 7) is 4.96. The number of sulfonamides is 1. The Morgan fingerprint density at radius 3 is 2.63 bits per heavy atom. The minimum Gasteiger partial charge on any atom is -0.352 e. The van der Waals surface area contributed by atoms with Crippen molar-refractivity contribution in [1.29, 1.82) is 0 Å². The van der Waals surface area contributed by atoms with Gasteiger partial charge in [-0.1, -0.05) is 37.3 Å². The van der Waals surface area contributed by atoms with Crippen molar-refractivity contribution in [3.8, 4) is 0 Å². The van der Waals surface area contributed by atoms with Gasteiger partial charge in [0.15, 0.2) is 0 Å². The van der Waals surface area contributed by atoms with Crippen molar-refractivity contribution in [3.05, 3.63) is 42.5 Å². The smallest absolute Gasteiger partial charge is 0.243 e. The summed E-state index contributed by atoms with van der Waals surface area (Å²) in [7, 11) is -3.53. The van der Waals surface area contributed by atoms with Crippen molar-refractivity contribution in [2.24, 2.45) is 0 Å². The van der Waals surface area contributed by atoms with Crippen molar-refractivity contribution in [3.63, 3.8) is 0 Å². The van der Waals surface area contributed by atoms with Crippen LogP contribution in [0.4, 0.5) is 0 Å². The number of nitrogens with zero attached hydrogens (tertiary/aromatic N) is 1. The predicted molar refractivity (Wildman–Crippen MR) is 122 cm³/mol. The Kier molecular flexibility index (Phi) is 6.12. The van der Waals surface area contributed by atoms with E-state index in [-0.39, 0.29) is 22.9 Å². The summed E-state index contributed by atoms with van der Waals surface area (Å²) >= 11 is 1.75. The molecule has 1 amide bonds. The fourth-order valence-corrected chi connectivity index (χ4v) is 6.98. The highest BCUT2D eigenvalue weighted by atomic mass is 32.2. The lowest BCUT2D eigenvalue weighted by atomic mass is 10.0. The zero-order valence-electron chi connectivity index (χ0n) is 17.4. The molecule has 2 saturated heterocycles. The van der Waals surface area contributed by atoms with Gasteiger partial charge >= 0.3 is 0 Å². The van der Waals surface area contributed by atoms with E-state index in [4.69, 9.17) is 0 Å². The van der Waals surface area contributed by atoms with Gasteiger partial charge in [0.25, 0.3) is 0 Å². The van der Waals surface area contributed by atoms with E-state index in [9.17, 15) is 13.2 Å². The summed E-state index contributed by atoms with van der Waals surface area (Å²) < 4.78 is 28.0. The molecule has 2 aromatic rings. The first-order valence-corrected chi connectivity index (χ1v) is 13.0. The second kappa shape index (κ2) is 8.49. The molecule has 0 radical (unpaired) electrons. The van der Waals surface area contributed by atoms with E-state index < -0.39 is 10.0 Å². The molecule has 4 rings (SSSR count). The van der Waals surface area contributed by atoms with Crippen molar-refractivity contribution in [2.75, 3.05) is 18.8 Å². The lowest BCUT2D eigenvalue weighted by molar-refractivity contribution is -0.123. The molecule has 2 fully saturated rings. The number of rotatable bonds is 5. The number of amides is 1. The van der Waals surface area contributed by atoms with E-state index >= 15 is 0 Å². The van der Waals surface area contributed by atoms with Crippen molar-refractivity contribution < 1.29 is 13.2 Å². The monoisotopic (exact) mass is 447 g/mol. The number of carbonyl (C=O) groups excluding carboxylic acids is 1. The third-order valence-corrected chi connectivity index (χ3v) is 9.64. The number of hydrogen-bond acceptors (Lipinski definition) is 5. The van der Waals surface area contributed by atoms with Crippen LogP contribution in [0.3, 0.4) is 0 Å². The first-order valence-electron chi connectivity index (χ1n) is 10.5. The van der Waals surface area contributed by atoms with Gasteiger partial charge in [0, 0.05) is 24.9 Å². The third-order valence-electron chi connectivity index (χ3n) is 6.17. The second-order valence-electron chi connectivity index (χ2n) is 8.23. The molecule has 0 aliphatic carbocycles. The number of carbonyl (C=O) groups is 1. The Hall–Kier alpha value is -1.61. The minimum atomic E-state index is -3.53. The van der Waals surface area contributed by atoms with E-state index in [0.717, 1.165) is 22.9 Å². The van der Waals surface area contributed by atoms with Gasteiger partial charge in [-0.25, -0.2) is 8.42 Å². The largest absolute Gasteiger partial charge is 0.352 e. The molecule has 6 nitrogen and oxygen atoms in total. The Morgan fingerprint density at radius 1 is 1.23 bits per heavy atom. The lowest BCUT2D eigenvalue weighted by Gasteiger charge is -2.38. The Labute approximate surface area is 182 Å². The van der Waals surface area contributed by atoms with Crippen LogP contribution in [0.15, 0.2) is 47.4 Å². The number of piperidine rings is 1. The van der Waals surface area contributed by atoms with E-state index in [2.05, 4.69) is 17.6 Å².